The quantitative estimate of drug-likeness (QED) is 0.853. The highest BCUT2D eigenvalue weighted by atomic mass is 16.5. The fourth-order valence-electron chi connectivity index (χ4n) is 3.99. The van der Waals surface area contributed by atoms with Crippen molar-refractivity contribution in [3.8, 4) is 11.4 Å². The average Bonchev–Trinajstić information content (AvgIpc) is 3.34. The fourth-order valence-corrected chi connectivity index (χ4v) is 3.99. The van der Waals surface area contributed by atoms with Gasteiger partial charge < -0.3 is 9.42 Å². The van der Waals surface area contributed by atoms with Crippen LogP contribution in [0.4, 0.5) is 0 Å². The molecule has 1 amide bonds. The number of rotatable bonds is 4. The maximum absolute atomic E-state index is 12.5. The van der Waals surface area contributed by atoms with Gasteiger partial charge in [-0.2, -0.15) is 4.98 Å². The lowest BCUT2D eigenvalue weighted by Gasteiger charge is -2.31. The van der Waals surface area contributed by atoms with E-state index in [9.17, 15) is 4.79 Å². The second-order valence-corrected chi connectivity index (χ2v) is 7.20. The Labute approximate surface area is 147 Å². The Bertz CT molecular complexity index is 701. The lowest BCUT2D eigenvalue weighted by molar-refractivity contribution is -0.133. The molecule has 2 aromatic rings. The fraction of sp³-hybridized carbons (Fsp3) is 0.579. The molecule has 2 aliphatic rings. The summed E-state index contributed by atoms with van der Waals surface area (Å²) in [6.45, 7) is 1.59. The van der Waals surface area contributed by atoms with Gasteiger partial charge in [0.15, 0.2) is 0 Å². The van der Waals surface area contributed by atoms with Crippen LogP contribution in [0, 0.1) is 5.92 Å². The number of amides is 1. The lowest BCUT2D eigenvalue weighted by Crippen LogP contribution is -2.38. The van der Waals surface area contributed by atoms with Crippen molar-refractivity contribution < 1.29 is 9.32 Å². The molecule has 6 nitrogen and oxygen atoms in total. The predicted molar refractivity (Wildman–Crippen MR) is 92.7 cm³/mol. The van der Waals surface area contributed by atoms with E-state index < -0.39 is 0 Å². The van der Waals surface area contributed by atoms with Gasteiger partial charge in [-0.1, -0.05) is 18.0 Å². The van der Waals surface area contributed by atoms with Gasteiger partial charge >= 0.3 is 0 Å². The van der Waals surface area contributed by atoms with E-state index in [1.54, 1.807) is 12.4 Å². The number of pyridine rings is 1. The molecule has 25 heavy (non-hydrogen) atoms. The summed E-state index contributed by atoms with van der Waals surface area (Å²) in [5, 5.41) is 4.09. The van der Waals surface area contributed by atoms with E-state index in [1.807, 2.05) is 17.0 Å². The van der Waals surface area contributed by atoms with Crippen LogP contribution in [-0.4, -0.2) is 39.0 Å². The number of hydrogen-bond acceptors (Lipinski definition) is 5. The zero-order valence-corrected chi connectivity index (χ0v) is 14.4. The molecule has 4 rings (SSSR count). The largest absolute Gasteiger partial charge is 0.343 e. The SMILES string of the molecule is O=C(CC1CCCC1)N1CCC(c2nc(-c3ccncc3)no2)CC1. The summed E-state index contributed by atoms with van der Waals surface area (Å²) in [5.41, 5.74) is 0.911. The van der Waals surface area contributed by atoms with Crippen molar-refractivity contribution in [2.24, 2.45) is 5.92 Å². The van der Waals surface area contributed by atoms with E-state index in [4.69, 9.17) is 4.52 Å². The zero-order valence-electron chi connectivity index (χ0n) is 14.4. The molecular weight excluding hydrogens is 316 g/mol. The topological polar surface area (TPSA) is 72.1 Å². The number of likely N-dealkylation sites (tertiary alicyclic amines) is 1. The monoisotopic (exact) mass is 340 g/mol. The van der Waals surface area contributed by atoms with Crippen molar-refractivity contribution >= 4 is 5.91 Å². The highest BCUT2D eigenvalue weighted by Crippen LogP contribution is 2.31. The summed E-state index contributed by atoms with van der Waals surface area (Å²) >= 11 is 0. The summed E-state index contributed by atoms with van der Waals surface area (Å²) in [6.07, 6.45) is 11.0. The van der Waals surface area contributed by atoms with Crippen molar-refractivity contribution in [3.05, 3.63) is 30.4 Å². The standard InChI is InChI=1S/C19H24N4O2/c24-17(13-14-3-1-2-4-14)23-11-7-16(8-12-23)19-21-18(22-25-19)15-5-9-20-10-6-15/h5-6,9-10,14,16H,1-4,7-8,11-13H2. The van der Waals surface area contributed by atoms with E-state index in [0.717, 1.165) is 37.9 Å². The molecule has 0 spiro atoms. The van der Waals surface area contributed by atoms with Crippen molar-refractivity contribution in [1.82, 2.24) is 20.0 Å². The number of nitrogens with zero attached hydrogens (tertiary/aromatic N) is 4. The minimum Gasteiger partial charge on any atom is -0.343 e. The molecule has 3 heterocycles. The summed E-state index contributed by atoms with van der Waals surface area (Å²) in [6, 6.07) is 3.75. The number of hydrogen-bond donors (Lipinski definition) is 0. The Hall–Kier alpha value is -2.24. The number of piperidine rings is 1. The van der Waals surface area contributed by atoms with Gasteiger partial charge in [-0.25, -0.2) is 0 Å². The van der Waals surface area contributed by atoms with E-state index in [2.05, 4.69) is 15.1 Å². The molecule has 0 bridgehead atoms. The van der Waals surface area contributed by atoms with E-state index in [0.29, 0.717) is 23.5 Å². The van der Waals surface area contributed by atoms with Crippen LogP contribution in [0.25, 0.3) is 11.4 Å². The Morgan fingerprint density at radius 1 is 1.12 bits per heavy atom. The molecule has 2 fully saturated rings. The first kappa shape index (κ1) is 16.2. The first-order chi connectivity index (χ1) is 12.3. The van der Waals surface area contributed by atoms with Gasteiger partial charge in [-0.3, -0.25) is 9.78 Å². The van der Waals surface area contributed by atoms with Crippen molar-refractivity contribution in [2.45, 2.75) is 50.9 Å². The summed E-state index contributed by atoms with van der Waals surface area (Å²) in [5.74, 6) is 2.49. The van der Waals surface area contributed by atoms with Gasteiger partial charge in [0.25, 0.3) is 0 Å². The van der Waals surface area contributed by atoms with Crippen molar-refractivity contribution in [1.29, 1.82) is 0 Å². The first-order valence-corrected chi connectivity index (χ1v) is 9.31. The van der Waals surface area contributed by atoms with E-state index >= 15 is 0 Å². The number of carbonyl (C=O) groups is 1. The molecule has 0 radical (unpaired) electrons. The van der Waals surface area contributed by atoms with Crippen LogP contribution >= 0.6 is 0 Å². The Balaban J connectivity index is 1.33. The van der Waals surface area contributed by atoms with E-state index in [1.165, 1.54) is 25.7 Å². The van der Waals surface area contributed by atoms with Gasteiger partial charge in [0.1, 0.15) is 0 Å². The molecule has 1 aliphatic carbocycles. The van der Waals surface area contributed by atoms with Gasteiger partial charge in [0, 0.05) is 43.4 Å². The highest BCUT2D eigenvalue weighted by molar-refractivity contribution is 5.76. The number of carbonyl (C=O) groups excluding carboxylic acids is 1. The number of aromatic nitrogens is 3. The second kappa shape index (κ2) is 7.33. The molecule has 2 aromatic heterocycles. The van der Waals surface area contributed by atoms with Crippen LogP contribution in [0.3, 0.4) is 0 Å². The molecule has 0 N–H and O–H groups in total. The molecule has 1 saturated carbocycles. The predicted octanol–water partition coefficient (Wildman–Crippen LogP) is 3.42. The van der Waals surface area contributed by atoms with Crippen molar-refractivity contribution in [3.63, 3.8) is 0 Å². The molecule has 0 aromatic carbocycles. The van der Waals surface area contributed by atoms with Crippen LogP contribution in [0.2, 0.25) is 0 Å². The van der Waals surface area contributed by atoms with Gasteiger partial charge in [0.05, 0.1) is 0 Å². The second-order valence-electron chi connectivity index (χ2n) is 7.20. The summed E-state index contributed by atoms with van der Waals surface area (Å²) in [4.78, 5) is 23.0. The first-order valence-electron chi connectivity index (χ1n) is 9.31. The van der Waals surface area contributed by atoms with Gasteiger partial charge in [0.2, 0.25) is 17.6 Å². The molecule has 0 atom stereocenters. The van der Waals surface area contributed by atoms with Crippen LogP contribution in [-0.2, 0) is 4.79 Å². The highest BCUT2D eigenvalue weighted by Gasteiger charge is 2.29. The van der Waals surface area contributed by atoms with Gasteiger partial charge in [-0.15, -0.1) is 0 Å². The maximum atomic E-state index is 12.5. The van der Waals surface area contributed by atoms with Gasteiger partial charge in [-0.05, 0) is 43.7 Å². The smallest absolute Gasteiger partial charge is 0.230 e. The normalized spacial score (nSPS) is 19.4. The van der Waals surface area contributed by atoms with Crippen LogP contribution in [0.5, 0.6) is 0 Å². The summed E-state index contributed by atoms with van der Waals surface area (Å²) < 4.78 is 5.48. The zero-order chi connectivity index (χ0) is 17.1. The lowest BCUT2D eigenvalue weighted by atomic mass is 9.95. The molecule has 0 unspecified atom stereocenters. The maximum Gasteiger partial charge on any atom is 0.230 e. The van der Waals surface area contributed by atoms with E-state index in [-0.39, 0.29) is 5.92 Å². The Morgan fingerprint density at radius 2 is 1.84 bits per heavy atom. The Kier molecular flexibility index (Phi) is 4.76. The molecule has 1 aliphatic heterocycles. The Morgan fingerprint density at radius 3 is 2.56 bits per heavy atom. The molecule has 132 valence electrons. The third-order valence-electron chi connectivity index (χ3n) is 5.52. The minimum atomic E-state index is 0.249. The van der Waals surface area contributed by atoms with Crippen LogP contribution in [0.1, 0.15) is 56.8 Å². The minimum absolute atomic E-state index is 0.249. The average molecular weight is 340 g/mol. The molecule has 1 saturated heterocycles. The third-order valence-corrected chi connectivity index (χ3v) is 5.52. The van der Waals surface area contributed by atoms with Crippen LogP contribution in [0.15, 0.2) is 29.0 Å². The third kappa shape index (κ3) is 3.72. The molecule has 6 heteroatoms. The van der Waals surface area contributed by atoms with Crippen LogP contribution < -0.4 is 0 Å². The molecular formula is C19H24N4O2. The summed E-state index contributed by atoms with van der Waals surface area (Å²) in [7, 11) is 0. The van der Waals surface area contributed by atoms with Crippen molar-refractivity contribution in [2.75, 3.05) is 13.1 Å².